The van der Waals surface area contributed by atoms with Crippen molar-refractivity contribution >= 4 is 0 Å². The minimum absolute atomic E-state index is 0.0328. The van der Waals surface area contributed by atoms with E-state index in [9.17, 15) is 0 Å². The van der Waals surface area contributed by atoms with Gasteiger partial charge < -0.3 is 5.73 Å². The molecule has 0 aromatic carbocycles. The first-order valence-corrected chi connectivity index (χ1v) is 5.27. The van der Waals surface area contributed by atoms with Gasteiger partial charge in [0, 0.05) is 29.4 Å². The molecular formula is C11H17N3. The number of nitrogens with zero attached hydrogens (tertiary/aromatic N) is 2. The maximum absolute atomic E-state index is 5.81. The Morgan fingerprint density at radius 1 is 1.50 bits per heavy atom. The van der Waals surface area contributed by atoms with Crippen LogP contribution in [0.5, 0.6) is 0 Å². The van der Waals surface area contributed by atoms with Crippen molar-refractivity contribution in [2.45, 2.75) is 45.1 Å². The highest BCUT2D eigenvalue weighted by Gasteiger charge is 2.22. The summed E-state index contributed by atoms with van der Waals surface area (Å²) in [7, 11) is 0. The second-order valence-electron chi connectivity index (χ2n) is 4.19. The van der Waals surface area contributed by atoms with Gasteiger partial charge in [0.1, 0.15) is 5.82 Å². The minimum Gasteiger partial charge on any atom is -0.324 e. The molecule has 2 rings (SSSR count). The fourth-order valence-corrected chi connectivity index (χ4v) is 1.80. The Kier molecular flexibility index (Phi) is 2.50. The number of hydrogen-bond acceptors (Lipinski definition) is 3. The van der Waals surface area contributed by atoms with E-state index in [1.807, 2.05) is 20.0 Å². The van der Waals surface area contributed by atoms with E-state index in [4.69, 9.17) is 5.73 Å². The van der Waals surface area contributed by atoms with Crippen LogP contribution in [0.4, 0.5) is 0 Å². The van der Waals surface area contributed by atoms with E-state index < -0.39 is 0 Å². The van der Waals surface area contributed by atoms with Crippen LogP contribution in [-0.4, -0.2) is 9.97 Å². The maximum atomic E-state index is 5.81. The maximum Gasteiger partial charge on any atom is 0.131 e. The minimum atomic E-state index is 0.0328. The lowest BCUT2D eigenvalue weighted by atomic mass is 9.85. The Hall–Kier alpha value is -0.960. The van der Waals surface area contributed by atoms with Crippen molar-refractivity contribution in [1.82, 2.24) is 9.97 Å². The van der Waals surface area contributed by atoms with Crippen LogP contribution < -0.4 is 5.73 Å². The molecular weight excluding hydrogens is 174 g/mol. The molecule has 3 nitrogen and oxygen atoms in total. The van der Waals surface area contributed by atoms with Crippen molar-refractivity contribution in [1.29, 1.82) is 0 Å². The molecule has 76 valence electrons. The molecule has 1 aliphatic rings. The van der Waals surface area contributed by atoms with Gasteiger partial charge in [-0.2, -0.15) is 0 Å². The molecule has 1 fully saturated rings. The molecule has 0 unspecified atom stereocenters. The highest BCUT2D eigenvalue weighted by molar-refractivity contribution is 5.20. The summed E-state index contributed by atoms with van der Waals surface area (Å²) < 4.78 is 0. The fraction of sp³-hybridized carbons (Fsp3) is 0.636. The molecule has 14 heavy (non-hydrogen) atoms. The van der Waals surface area contributed by atoms with Gasteiger partial charge in [0.15, 0.2) is 0 Å². The second kappa shape index (κ2) is 3.65. The lowest BCUT2D eigenvalue weighted by Gasteiger charge is -2.24. The molecule has 1 heterocycles. The molecule has 0 saturated heterocycles. The SMILES string of the molecule is Cc1nc(C2CCC2)ncc1[C@@H](C)N. The monoisotopic (exact) mass is 191 g/mol. The predicted octanol–water partition coefficient (Wildman–Crippen LogP) is 2.07. The number of hydrogen-bond donors (Lipinski definition) is 1. The van der Waals surface area contributed by atoms with E-state index in [1.165, 1.54) is 19.3 Å². The van der Waals surface area contributed by atoms with Gasteiger partial charge in [0.05, 0.1) is 0 Å². The Balaban J connectivity index is 2.25. The lowest BCUT2D eigenvalue weighted by molar-refractivity contribution is 0.400. The van der Waals surface area contributed by atoms with Gasteiger partial charge >= 0.3 is 0 Å². The number of rotatable bonds is 2. The normalized spacial score (nSPS) is 19.1. The largest absolute Gasteiger partial charge is 0.324 e. The van der Waals surface area contributed by atoms with Crippen LogP contribution in [0.2, 0.25) is 0 Å². The van der Waals surface area contributed by atoms with E-state index in [1.54, 1.807) is 0 Å². The van der Waals surface area contributed by atoms with Crippen LogP contribution in [-0.2, 0) is 0 Å². The van der Waals surface area contributed by atoms with E-state index in [-0.39, 0.29) is 6.04 Å². The average molecular weight is 191 g/mol. The molecule has 3 heteroatoms. The van der Waals surface area contributed by atoms with Gasteiger partial charge in [0.2, 0.25) is 0 Å². The Bertz CT molecular complexity index is 329. The molecule has 0 amide bonds. The zero-order valence-electron chi connectivity index (χ0n) is 8.83. The first-order chi connectivity index (χ1) is 6.68. The smallest absolute Gasteiger partial charge is 0.131 e. The molecule has 1 atom stereocenters. The summed E-state index contributed by atoms with van der Waals surface area (Å²) in [6.45, 7) is 3.98. The third kappa shape index (κ3) is 1.64. The first kappa shape index (κ1) is 9.59. The van der Waals surface area contributed by atoms with Crippen LogP contribution in [0.1, 0.15) is 55.2 Å². The number of aryl methyl sites for hydroxylation is 1. The van der Waals surface area contributed by atoms with Crippen LogP contribution in [0.3, 0.4) is 0 Å². The van der Waals surface area contributed by atoms with Gasteiger partial charge in [-0.05, 0) is 26.7 Å². The summed E-state index contributed by atoms with van der Waals surface area (Å²) in [6, 6.07) is 0.0328. The Labute approximate surface area is 84.8 Å². The van der Waals surface area contributed by atoms with Gasteiger partial charge in [-0.3, -0.25) is 0 Å². The summed E-state index contributed by atoms with van der Waals surface area (Å²) in [5, 5.41) is 0. The molecule has 1 saturated carbocycles. The van der Waals surface area contributed by atoms with Crippen LogP contribution >= 0.6 is 0 Å². The molecule has 1 aromatic rings. The standard InChI is InChI=1S/C11H17N3/c1-7(12)10-6-13-11(14-8(10)2)9-4-3-5-9/h6-7,9H,3-5,12H2,1-2H3/t7-/m1/s1. The van der Waals surface area contributed by atoms with E-state index in [2.05, 4.69) is 9.97 Å². The Morgan fingerprint density at radius 3 is 2.64 bits per heavy atom. The van der Waals surface area contributed by atoms with Crippen molar-refractivity contribution in [2.24, 2.45) is 5.73 Å². The highest BCUT2D eigenvalue weighted by atomic mass is 14.9. The fourth-order valence-electron chi connectivity index (χ4n) is 1.80. The zero-order valence-corrected chi connectivity index (χ0v) is 8.83. The number of aromatic nitrogens is 2. The van der Waals surface area contributed by atoms with Gasteiger partial charge in [-0.25, -0.2) is 9.97 Å². The molecule has 0 bridgehead atoms. The van der Waals surface area contributed by atoms with Crippen molar-refractivity contribution < 1.29 is 0 Å². The van der Waals surface area contributed by atoms with Gasteiger partial charge in [-0.15, -0.1) is 0 Å². The molecule has 2 N–H and O–H groups in total. The van der Waals surface area contributed by atoms with Crippen molar-refractivity contribution in [3.8, 4) is 0 Å². The quantitative estimate of drug-likeness (QED) is 0.778. The second-order valence-corrected chi connectivity index (χ2v) is 4.19. The summed E-state index contributed by atoms with van der Waals surface area (Å²) in [4.78, 5) is 8.92. The molecule has 0 radical (unpaired) electrons. The van der Waals surface area contributed by atoms with Crippen molar-refractivity contribution in [2.75, 3.05) is 0 Å². The third-order valence-corrected chi connectivity index (χ3v) is 3.00. The predicted molar refractivity (Wildman–Crippen MR) is 56.0 cm³/mol. The molecule has 0 spiro atoms. The zero-order chi connectivity index (χ0) is 10.1. The Morgan fingerprint density at radius 2 is 2.21 bits per heavy atom. The van der Waals surface area contributed by atoms with Crippen LogP contribution in [0.25, 0.3) is 0 Å². The van der Waals surface area contributed by atoms with E-state index >= 15 is 0 Å². The van der Waals surface area contributed by atoms with Crippen molar-refractivity contribution in [3.63, 3.8) is 0 Å². The van der Waals surface area contributed by atoms with E-state index in [0.29, 0.717) is 5.92 Å². The van der Waals surface area contributed by atoms with Crippen LogP contribution in [0.15, 0.2) is 6.20 Å². The van der Waals surface area contributed by atoms with Crippen molar-refractivity contribution in [3.05, 3.63) is 23.3 Å². The third-order valence-electron chi connectivity index (χ3n) is 3.00. The topological polar surface area (TPSA) is 51.8 Å². The van der Waals surface area contributed by atoms with Gasteiger partial charge in [-0.1, -0.05) is 6.42 Å². The molecule has 0 aliphatic heterocycles. The molecule has 1 aliphatic carbocycles. The van der Waals surface area contributed by atoms with Gasteiger partial charge in [0.25, 0.3) is 0 Å². The lowest BCUT2D eigenvalue weighted by Crippen LogP contribution is -2.16. The first-order valence-electron chi connectivity index (χ1n) is 5.27. The summed E-state index contributed by atoms with van der Waals surface area (Å²) in [6.07, 6.45) is 5.71. The summed E-state index contributed by atoms with van der Waals surface area (Å²) >= 11 is 0. The summed E-state index contributed by atoms with van der Waals surface area (Å²) in [5.41, 5.74) is 7.91. The van der Waals surface area contributed by atoms with E-state index in [0.717, 1.165) is 17.1 Å². The van der Waals surface area contributed by atoms with Crippen LogP contribution in [0, 0.1) is 6.92 Å². The highest BCUT2D eigenvalue weighted by Crippen LogP contribution is 2.34. The number of nitrogens with two attached hydrogens (primary N) is 1. The average Bonchev–Trinajstić information content (AvgIpc) is 2.00. The molecule has 1 aromatic heterocycles. The summed E-state index contributed by atoms with van der Waals surface area (Å²) in [5.74, 6) is 1.62.